The molecule has 1 saturated heterocycles. The number of hydrogen-bond acceptors (Lipinski definition) is 7. The lowest BCUT2D eigenvalue weighted by Crippen LogP contribution is -2.32. The molecule has 1 aromatic heterocycles. The summed E-state index contributed by atoms with van der Waals surface area (Å²) in [4.78, 5) is 44.4. The van der Waals surface area contributed by atoms with Crippen molar-refractivity contribution in [3.05, 3.63) is 104 Å². The highest BCUT2D eigenvalue weighted by atomic mass is 32.2. The maximum absolute atomic E-state index is 13.8. The van der Waals surface area contributed by atoms with Gasteiger partial charge in [0.15, 0.2) is 11.5 Å². The summed E-state index contributed by atoms with van der Waals surface area (Å²) in [5.41, 5.74) is 3.54. The fourth-order valence-corrected chi connectivity index (χ4v) is 7.65. The summed E-state index contributed by atoms with van der Waals surface area (Å²) in [7, 11) is 1.57. The second-order valence-corrected chi connectivity index (χ2v) is 11.4. The summed E-state index contributed by atoms with van der Waals surface area (Å²) in [6, 6.07) is 22.6. The van der Waals surface area contributed by atoms with E-state index >= 15 is 0 Å². The molecule has 3 atom stereocenters. The number of para-hydroxylation sites is 1. The number of anilines is 1. The molecule has 3 heterocycles. The van der Waals surface area contributed by atoms with E-state index in [9.17, 15) is 14.4 Å². The molecule has 9 heteroatoms. The van der Waals surface area contributed by atoms with Gasteiger partial charge in [0.25, 0.3) is 0 Å². The summed E-state index contributed by atoms with van der Waals surface area (Å²) >= 11 is 2.35. The van der Waals surface area contributed by atoms with E-state index < -0.39 is 17.1 Å². The van der Waals surface area contributed by atoms with Crippen LogP contribution in [-0.2, 0) is 16.2 Å². The van der Waals surface area contributed by atoms with E-state index in [0.29, 0.717) is 28.8 Å². The standard InChI is InChI=1S/C29H24N2O5S2/c1-16-8-6-7-9-18(16)15-36-20-13-12-17(14-21(20)35-2)22-23-25(37-26-24(22)38-29(34)30-26)28(33)31(27(23)32)19-10-4-3-5-11-19/h3-14,22-23,25H,15H2,1-2H3,(H,30,34). The number of aromatic amines is 1. The molecule has 3 aromatic carbocycles. The molecule has 2 amide bonds. The molecule has 1 N–H and O–H groups in total. The molecule has 0 saturated carbocycles. The summed E-state index contributed by atoms with van der Waals surface area (Å²) < 4.78 is 11.8. The summed E-state index contributed by atoms with van der Waals surface area (Å²) in [5, 5.41) is -0.00501. The Labute approximate surface area is 227 Å². The number of fused-ring (bicyclic) bond motifs is 2. The molecule has 2 aliphatic heterocycles. The number of aromatic nitrogens is 1. The van der Waals surface area contributed by atoms with Crippen LogP contribution in [0.3, 0.4) is 0 Å². The number of carbonyl (C=O) groups excluding carboxylic acids is 2. The third-order valence-electron chi connectivity index (χ3n) is 7.03. The van der Waals surface area contributed by atoms with Crippen molar-refractivity contribution < 1.29 is 19.1 Å². The number of nitrogens with zero attached hydrogens (tertiary/aromatic N) is 1. The summed E-state index contributed by atoms with van der Waals surface area (Å²) in [6.45, 7) is 2.42. The van der Waals surface area contributed by atoms with E-state index in [4.69, 9.17) is 9.47 Å². The predicted octanol–water partition coefficient (Wildman–Crippen LogP) is 5.13. The molecule has 6 rings (SSSR count). The first kappa shape index (κ1) is 24.5. The van der Waals surface area contributed by atoms with Crippen LogP contribution in [0.15, 0.2) is 82.6 Å². The quantitative estimate of drug-likeness (QED) is 0.339. The molecule has 7 nitrogen and oxygen atoms in total. The predicted molar refractivity (Wildman–Crippen MR) is 147 cm³/mol. The number of thioether (sulfide) groups is 1. The van der Waals surface area contributed by atoms with Crippen LogP contribution >= 0.6 is 23.1 Å². The largest absolute Gasteiger partial charge is 0.493 e. The Bertz CT molecular complexity index is 1600. The number of carbonyl (C=O) groups is 2. The first-order valence-corrected chi connectivity index (χ1v) is 13.8. The molecule has 38 heavy (non-hydrogen) atoms. The molecule has 0 radical (unpaired) electrons. The van der Waals surface area contributed by atoms with Crippen molar-refractivity contribution in [3.8, 4) is 11.5 Å². The van der Waals surface area contributed by atoms with Crippen LogP contribution in [0, 0.1) is 12.8 Å². The van der Waals surface area contributed by atoms with Gasteiger partial charge in [-0.25, -0.2) is 4.90 Å². The van der Waals surface area contributed by atoms with Crippen molar-refractivity contribution in [2.75, 3.05) is 12.0 Å². The average molecular weight is 545 g/mol. The van der Waals surface area contributed by atoms with Gasteiger partial charge in [-0.05, 0) is 47.9 Å². The lowest BCUT2D eigenvalue weighted by molar-refractivity contribution is -0.122. The Morgan fingerprint density at radius 2 is 1.68 bits per heavy atom. The fourth-order valence-electron chi connectivity index (χ4n) is 5.13. The molecule has 0 aliphatic carbocycles. The minimum atomic E-state index is -0.657. The zero-order chi connectivity index (χ0) is 26.4. The van der Waals surface area contributed by atoms with E-state index in [1.807, 2.05) is 55.5 Å². The smallest absolute Gasteiger partial charge is 0.305 e. The van der Waals surface area contributed by atoms with Gasteiger partial charge in [0, 0.05) is 10.8 Å². The van der Waals surface area contributed by atoms with Crippen molar-refractivity contribution in [1.29, 1.82) is 0 Å². The number of amides is 2. The monoisotopic (exact) mass is 544 g/mol. The van der Waals surface area contributed by atoms with Crippen molar-refractivity contribution in [1.82, 2.24) is 4.98 Å². The van der Waals surface area contributed by atoms with Crippen molar-refractivity contribution >= 4 is 40.6 Å². The third kappa shape index (κ3) is 4.12. The van der Waals surface area contributed by atoms with Gasteiger partial charge in [-0.1, -0.05) is 71.6 Å². The average Bonchev–Trinajstić information content (AvgIpc) is 3.42. The van der Waals surface area contributed by atoms with E-state index in [1.165, 1.54) is 16.7 Å². The Hall–Kier alpha value is -3.82. The minimum Gasteiger partial charge on any atom is -0.493 e. The molecule has 2 aliphatic rings. The van der Waals surface area contributed by atoms with Crippen LogP contribution in [0.25, 0.3) is 0 Å². The highest BCUT2D eigenvalue weighted by Crippen LogP contribution is 2.53. The lowest BCUT2D eigenvalue weighted by atomic mass is 9.83. The highest BCUT2D eigenvalue weighted by molar-refractivity contribution is 8.00. The zero-order valence-electron chi connectivity index (χ0n) is 20.7. The molecule has 0 bridgehead atoms. The Morgan fingerprint density at radius 1 is 0.921 bits per heavy atom. The van der Waals surface area contributed by atoms with Crippen molar-refractivity contribution in [2.24, 2.45) is 5.92 Å². The fraction of sp³-hybridized carbons (Fsp3) is 0.207. The molecule has 192 valence electrons. The number of H-pyrrole nitrogens is 1. The molecular formula is C29H24N2O5S2. The van der Waals surface area contributed by atoms with Crippen LogP contribution in [0.5, 0.6) is 11.5 Å². The lowest BCUT2D eigenvalue weighted by Gasteiger charge is -2.30. The Kier molecular flexibility index (Phi) is 6.33. The number of rotatable bonds is 6. The van der Waals surface area contributed by atoms with Crippen LogP contribution < -0.4 is 19.2 Å². The van der Waals surface area contributed by atoms with Crippen LogP contribution in [0.1, 0.15) is 27.5 Å². The maximum atomic E-state index is 13.8. The molecule has 4 aromatic rings. The van der Waals surface area contributed by atoms with E-state index in [1.54, 1.807) is 31.4 Å². The SMILES string of the molecule is COc1cc(C2c3sc(=O)[nH]c3SC3C(=O)N(c4ccccc4)C(=O)C32)ccc1OCc1ccccc1C. The second-order valence-electron chi connectivity index (χ2n) is 9.22. The number of methoxy groups -OCH3 is 1. The first-order valence-electron chi connectivity index (χ1n) is 12.1. The number of thiazole rings is 1. The van der Waals surface area contributed by atoms with Gasteiger partial charge in [-0.15, -0.1) is 0 Å². The molecule has 0 spiro atoms. The maximum Gasteiger partial charge on any atom is 0.305 e. The Morgan fingerprint density at radius 3 is 2.45 bits per heavy atom. The Balaban J connectivity index is 1.38. The van der Waals surface area contributed by atoms with Gasteiger partial charge >= 0.3 is 4.87 Å². The number of hydrogen-bond donors (Lipinski definition) is 1. The van der Waals surface area contributed by atoms with E-state index in [-0.39, 0.29) is 16.7 Å². The molecule has 1 fully saturated rings. The van der Waals surface area contributed by atoms with Crippen molar-refractivity contribution in [3.63, 3.8) is 0 Å². The van der Waals surface area contributed by atoms with Gasteiger partial charge in [-0.2, -0.15) is 0 Å². The van der Waals surface area contributed by atoms with Gasteiger partial charge in [0.1, 0.15) is 11.9 Å². The van der Waals surface area contributed by atoms with Gasteiger partial charge in [0.05, 0.1) is 23.7 Å². The normalized spacial score (nSPS) is 20.3. The van der Waals surface area contributed by atoms with Gasteiger partial charge in [-0.3, -0.25) is 14.4 Å². The molecule has 3 unspecified atom stereocenters. The van der Waals surface area contributed by atoms with E-state index in [0.717, 1.165) is 32.9 Å². The number of nitrogens with one attached hydrogen (secondary N) is 1. The summed E-state index contributed by atoms with van der Waals surface area (Å²) in [5.74, 6) is -0.590. The number of aryl methyl sites for hydroxylation is 1. The van der Waals surface area contributed by atoms with Crippen LogP contribution in [0.2, 0.25) is 0 Å². The number of imide groups is 1. The second kappa shape index (κ2) is 9.81. The topological polar surface area (TPSA) is 88.7 Å². The zero-order valence-corrected chi connectivity index (χ0v) is 22.3. The van der Waals surface area contributed by atoms with Crippen LogP contribution in [0.4, 0.5) is 5.69 Å². The third-order valence-corrected chi connectivity index (χ3v) is 9.43. The van der Waals surface area contributed by atoms with E-state index in [2.05, 4.69) is 4.98 Å². The van der Waals surface area contributed by atoms with Crippen molar-refractivity contribution in [2.45, 2.75) is 29.7 Å². The van der Waals surface area contributed by atoms with Gasteiger partial charge in [0.2, 0.25) is 11.8 Å². The van der Waals surface area contributed by atoms with Gasteiger partial charge < -0.3 is 14.5 Å². The first-order chi connectivity index (χ1) is 18.5. The van der Waals surface area contributed by atoms with Crippen LogP contribution in [-0.4, -0.2) is 29.2 Å². The minimum absolute atomic E-state index is 0.211. The highest BCUT2D eigenvalue weighted by Gasteiger charge is 2.56. The molecular weight excluding hydrogens is 520 g/mol. The summed E-state index contributed by atoms with van der Waals surface area (Å²) in [6.07, 6.45) is 0. The number of ether oxygens (including phenoxy) is 2. The number of benzene rings is 3.